The quantitative estimate of drug-likeness (QED) is 0.442. The first kappa shape index (κ1) is 23.1. The average Bonchev–Trinajstić information content (AvgIpc) is 2.78. The second kappa shape index (κ2) is 8.35. The molecule has 36 heavy (non-hydrogen) atoms. The predicted molar refractivity (Wildman–Crippen MR) is 140 cm³/mol. The highest BCUT2D eigenvalue weighted by Gasteiger charge is 2.48. The van der Waals surface area contributed by atoms with Gasteiger partial charge in [0, 0.05) is 43.4 Å². The minimum Gasteiger partial charge on any atom is -0.354 e. The molecule has 4 aromatic rings. The predicted octanol–water partition coefficient (Wildman–Crippen LogP) is 4.48. The molecule has 1 aromatic carbocycles. The van der Waals surface area contributed by atoms with E-state index in [0.717, 1.165) is 37.4 Å². The first-order chi connectivity index (χ1) is 17.3. The molecule has 1 spiro atoms. The molecule has 0 unspecified atom stereocenters. The van der Waals surface area contributed by atoms with Crippen molar-refractivity contribution in [3.05, 3.63) is 75.2 Å². The van der Waals surface area contributed by atoms with Gasteiger partial charge in [-0.05, 0) is 42.7 Å². The fourth-order valence-electron chi connectivity index (χ4n) is 5.29. The Morgan fingerprint density at radius 3 is 2.56 bits per heavy atom. The maximum absolute atomic E-state index is 14.8. The molecule has 0 atom stereocenters. The highest BCUT2D eigenvalue weighted by atomic mass is 35.5. The van der Waals surface area contributed by atoms with Crippen molar-refractivity contribution in [3.8, 4) is 16.9 Å². The number of aryl methyl sites for hydroxylation is 1. The van der Waals surface area contributed by atoms with Gasteiger partial charge in [-0.15, -0.1) is 0 Å². The van der Waals surface area contributed by atoms with Gasteiger partial charge in [-0.2, -0.15) is 4.98 Å². The lowest BCUT2D eigenvalue weighted by Gasteiger charge is -2.56. The fourth-order valence-corrected chi connectivity index (χ4v) is 5.54. The van der Waals surface area contributed by atoms with Gasteiger partial charge in [0.15, 0.2) is 5.65 Å². The molecule has 0 amide bonds. The largest absolute Gasteiger partial charge is 0.355 e. The van der Waals surface area contributed by atoms with Crippen molar-refractivity contribution in [1.82, 2.24) is 24.8 Å². The maximum Gasteiger partial charge on any atom is 0.355 e. The van der Waals surface area contributed by atoms with Crippen LogP contribution >= 0.6 is 11.6 Å². The minimum absolute atomic E-state index is 0.0567. The Balaban J connectivity index is 1.66. The summed E-state index contributed by atoms with van der Waals surface area (Å²) in [6.45, 7) is 9.53. The van der Waals surface area contributed by atoms with Crippen LogP contribution in [-0.4, -0.2) is 45.7 Å². The van der Waals surface area contributed by atoms with Gasteiger partial charge in [-0.3, -0.25) is 4.98 Å². The maximum atomic E-state index is 14.8. The number of halogens is 2. The third kappa shape index (κ3) is 3.50. The summed E-state index contributed by atoms with van der Waals surface area (Å²) >= 11 is 6.71. The highest BCUT2D eigenvalue weighted by Crippen LogP contribution is 2.41. The summed E-state index contributed by atoms with van der Waals surface area (Å²) in [7, 11) is 0. The Bertz CT molecular complexity index is 1570. The summed E-state index contributed by atoms with van der Waals surface area (Å²) in [6.07, 6.45) is 1.74. The smallest absolute Gasteiger partial charge is 0.354 e. The Morgan fingerprint density at radius 1 is 1.14 bits per heavy atom. The molecule has 9 heteroatoms. The van der Waals surface area contributed by atoms with Crippen molar-refractivity contribution in [2.45, 2.75) is 26.7 Å². The van der Waals surface area contributed by atoms with E-state index in [1.54, 1.807) is 30.5 Å². The minimum atomic E-state index is -0.447. The molecule has 1 N–H and O–H groups in total. The standard InChI is InChI=1S/C27H26ClFN6O/c1-15(2)21-23(16(3)8-9-31-21)35-25-18(10-19(28)22(32-25)17-6-4-5-7-20(17)29)24(33-26(35)36)34-13-27(14-34)11-30-12-27/h4-10,15,30H,11-14H2,1-3H3. The number of aromatic nitrogens is 4. The number of benzene rings is 1. The zero-order valence-electron chi connectivity index (χ0n) is 20.3. The Morgan fingerprint density at radius 2 is 1.89 bits per heavy atom. The SMILES string of the molecule is Cc1ccnc(C(C)C)c1-n1c(=O)nc(N2CC3(CNC3)C2)c2cc(Cl)c(-c3ccccc3F)nc21. The lowest BCUT2D eigenvalue weighted by Crippen LogP contribution is -2.71. The highest BCUT2D eigenvalue weighted by molar-refractivity contribution is 6.33. The number of hydrogen-bond donors (Lipinski definition) is 1. The van der Waals surface area contributed by atoms with Crippen LogP contribution in [0.1, 0.15) is 31.0 Å². The zero-order valence-corrected chi connectivity index (χ0v) is 21.1. The second-order valence-corrected chi connectivity index (χ2v) is 10.6. The van der Waals surface area contributed by atoms with E-state index in [0.29, 0.717) is 27.6 Å². The summed E-state index contributed by atoms with van der Waals surface area (Å²) in [6, 6.07) is 9.99. The number of hydrogen-bond acceptors (Lipinski definition) is 6. The summed E-state index contributed by atoms with van der Waals surface area (Å²) in [5, 5.41) is 4.28. The molecule has 7 nitrogen and oxygen atoms in total. The van der Waals surface area contributed by atoms with E-state index < -0.39 is 11.5 Å². The van der Waals surface area contributed by atoms with Crippen molar-refractivity contribution >= 4 is 28.5 Å². The van der Waals surface area contributed by atoms with Gasteiger partial charge in [0.05, 0.1) is 27.5 Å². The number of nitrogens with zero attached hydrogens (tertiary/aromatic N) is 5. The Kier molecular flexibility index (Phi) is 5.35. The number of anilines is 1. The Labute approximate surface area is 213 Å². The van der Waals surface area contributed by atoms with E-state index in [-0.39, 0.29) is 22.6 Å². The first-order valence-corrected chi connectivity index (χ1v) is 12.5. The molecule has 0 saturated carbocycles. The van der Waals surface area contributed by atoms with Crippen LogP contribution in [0.15, 0.2) is 47.4 Å². The zero-order chi connectivity index (χ0) is 25.2. The summed E-state index contributed by atoms with van der Waals surface area (Å²) < 4.78 is 16.3. The van der Waals surface area contributed by atoms with Gasteiger partial charge in [0.2, 0.25) is 0 Å². The van der Waals surface area contributed by atoms with Gasteiger partial charge >= 0.3 is 5.69 Å². The van der Waals surface area contributed by atoms with Crippen molar-refractivity contribution in [3.63, 3.8) is 0 Å². The van der Waals surface area contributed by atoms with Gasteiger partial charge in [-0.25, -0.2) is 18.7 Å². The van der Waals surface area contributed by atoms with Crippen LogP contribution in [-0.2, 0) is 0 Å². The van der Waals surface area contributed by atoms with E-state index >= 15 is 0 Å². The molecule has 2 fully saturated rings. The molecule has 0 radical (unpaired) electrons. The van der Waals surface area contributed by atoms with Gasteiger partial charge in [0.25, 0.3) is 0 Å². The lowest BCUT2D eigenvalue weighted by molar-refractivity contribution is 0.120. The molecule has 3 aromatic heterocycles. The number of pyridine rings is 2. The van der Waals surface area contributed by atoms with Crippen LogP contribution in [0.3, 0.4) is 0 Å². The lowest BCUT2D eigenvalue weighted by atomic mass is 9.74. The van der Waals surface area contributed by atoms with E-state index in [1.807, 2.05) is 26.8 Å². The van der Waals surface area contributed by atoms with E-state index in [9.17, 15) is 9.18 Å². The Hall–Kier alpha value is -3.36. The molecule has 2 saturated heterocycles. The van der Waals surface area contributed by atoms with Crippen LogP contribution in [0.5, 0.6) is 0 Å². The monoisotopic (exact) mass is 504 g/mol. The van der Waals surface area contributed by atoms with Crippen LogP contribution in [0, 0.1) is 18.2 Å². The number of rotatable bonds is 4. The molecule has 5 heterocycles. The molecular formula is C27H26ClFN6O. The van der Waals surface area contributed by atoms with Crippen molar-refractivity contribution < 1.29 is 4.39 Å². The summed E-state index contributed by atoms with van der Waals surface area (Å²) in [5.74, 6) is 0.184. The van der Waals surface area contributed by atoms with E-state index in [4.69, 9.17) is 16.6 Å². The second-order valence-electron chi connectivity index (χ2n) is 10.2. The van der Waals surface area contributed by atoms with Gasteiger partial charge in [0.1, 0.15) is 11.6 Å². The molecule has 6 rings (SSSR count). The summed E-state index contributed by atoms with van der Waals surface area (Å²) in [4.78, 5) is 29.8. The van der Waals surface area contributed by atoms with Crippen molar-refractivity contribution in [1.29, 1.82) is 0 Å². The number of nitrogens with one attached hydrogen (secondary N) is 1. The van der Waals surface area contributed by atoms with Crippen LogP contribution in [0.25, 0.3) is 28.0 Å². The first-order valence-electron chi connectivity index (χ1n) is 12.1. The summed E-state index contributed by atoms with van der Waals surface area (Å²) in [5.41, 5.74) is 3.02. The topological polar surface area (TPSA) is 75.9 Å². The van der Waals surface area contributed by atoms with Gasteiger partial charge in [-0.1, -0.05) is 37.6 Å². The molecular weight excluding hydrogens is 479 g/mol. The van der Waals surface area contributed by atoms with E-state index in [2.05, 4.69) is 20.2 Å². The van der Waals surface area contributed by atoms with Crippen molar-refractivity contribution in [2.24, 2.45) is 5.41 Å². The molecule has 184 valence electrons. The normalized spacial score (nSPS) is 16.4. The van der Waals surface area contributed by atoms with Crippen LogP contribution < -0.4 is 15.9 Å². The molecule has 0 bridgehead atoms. The molecule has 2 aliphatic rings. The number of fused-ring (bicyclic) bond motifs is 1. The van der Waals surface area contributed by atoms with Crippen LogP contribution in [0.2, 0.25) is 5.02 Å². The van der Waals surface area contributed by atoms with Crippen molar-refractivity contribution in [2.75, 3.05) is 31.1 Å². The van der Waals surface area contributed by atoms with E-state index in [1.165, 1.54) is 10.6 Å². The third-order valence-electron chi connectivity index (χ3n) is 7.21. The fraction of sp³-hybridized carbons (Fsp3) is 0.333. The third-order valence-corrected chi connectivity index (χ3v) is 7.50. The van der Waals surface area contributed by atoms with Gasteiger partial charge < -0.3 is 10.2 Å². The molecule has 0 aliphatic carbocycles. The average molecular weight is 505 g/mol. The molecule has 2 aliphatic heterocycles. The van der Waals surface area contributed by atoms with Crippen LogP contribution in [0.4, 0.5) is 10.2 Å².